The molecule has 0 saturated heterocycles. The number of para-hydroxylation sites is 2. The van der Waals surface area contributed by atoms with Gasteiger partial charge in [0.1, 0.15) is 0 Å². The van der Waals surface area contributed by atoms with Gasteiger partial charge in [-0.25, -0.2) is 4.98 Å². The number of nitrogens with zero attached hydrogens (tertiary/aromatic N) is 3. The molecule has 4 nitrogen and oxygen atoms in total. The van der Waals surface area contributed by atoms with Crippen molar-refractivity contribution in [2.75, 3.05) is 19.6 Å². The minimum absolute atomic E-state index is 0.0805. The van der Waals surface area contributed by atoms with Crippen molar-refractivity contribution in [3.05, 3.63) is 35.8 Å². The van der Waals surface area contributed by atoms with E-state index in [2.05, 4.69) is 43.3 Å². The molecule has 0 radical (unpaired) electrons. The Kier molecular flexibility index (Phi) is 6.19. The molecule has 0 amide bonds. The fourth-order valence-electron chi connectivity index (χ4n) is 2.80. The summed E-state index contributed by atoms with van der Waals surface area (Å²) >= 11 is 0. The van der Waals surface area contributed by atoms with Crippen LogP contribution in [0.3, 0.4) is 0 Å². The highest BCUT2D eigenvalue weighted by atomic mass is 16.5. The fraction of sp³-hybridized carbons (Fsp3) is 0.632. The van der Waals surface area contributed by atoms with Gasteiger partial charge in [0.25, 0.3) is 0 Å². The van der Waals surface area contributed by atoms with E-state index in [1.807, 2.05) is 24.5 Å². The monoisotopic (exact) mass is 317 g/mol. The zero-order valence-electron chi connectivity index (χ0n) is 15.0. The van der Waals surface area contributed by atoms with Gasteiger partial charge in [-0.2, -0.15) is 0 Å². The summed E-state index contributed by atoms with van der Waals surface area (Å²) in [5.74, 6) is 1.16. The maximum Gasteiger partial charge on any atom is 0.0966 e. The van der Waals surface area contributed by atoms with Crippen LogP contribution in [0.4, 0.5) is 0 Å². The normalized spacial score (nSPS) is 12.7. The zero-order chi connectivity index (χ0) is 16.9. The molecule has 2 rings (SSSR count). The maximum atomic E-state index is 13.2. The van der Waals surface area contributed by atoms with Gasteiger partial charge in [0.15, 0.2) is 0 Å². The number of quaternary nitrogens is 1. The van der Waals surface area contributed by atoms with E-state index in [1.165, 1.54) is 0 Å². The molecule has 0 N–H and O–H groups in total. The van der Waals surface area contributed by atoms with E-state index in [4.69, 9.17) is 0 Å². The van der Waals surface area contributed by atoms with E-state index < -0.39 is 0 Å². The number of rotatable bonds is 9. The molecule has 2 aromatic rings. The molecular weight excluding hydrogens is 286 g/mol. The van der Waals surface area contributed by atoms with Crippen molar-refractivity contribution >= 4 is 11.0 Å². The van der Waals surface area contributed by atoms with E-state index in [1.54, 1.807) is 0 Å². The van der Waals surface area contributed by atoms with Crippen LogP contribution in [-0.2, 0) is 6.54 Å². The van der Waals surface area contributed by atoms with Crippen LogP contribution in [0.15, 0.2) is 30.6 Å². The van der Waals surface area contributed by atoms with Crippen LogP contribution in [0, 0.1) is 17.0 Å². The molecule has 0 fully saturated rings. The van der Waals surface area contributed by atoms with Crippen LogP contribution in [0.1, 0.15) is 40.5 Å². The highest BCUT2D eigenvalue weighted by Gasteiger charge is 2.18. The van der Waals surface area contributed by atoms with Crippen LogP contribution in [0.25, 0.3) is 11.0 Å². The van der Waals surface area contributed by atoms with Gasteiger partial charge in [0.05, 0.1) is 43.5 Å². The summed E-state index contributed by atoms with van der Waals surface area (Å²) in [5, 5.41) is 13.2. The topological polar surface area (TPSA) is 40.9 Å². The van der Waals surface area contributed by atoms with Gasteiger partial charge in [0, 0.05) is 0 Å². The van der Waals surface area contributed by atoms with Crippen LogP contribution in [0.5, 0.6) is 0 Å². The predicted molar refractivity (Wildman–Crippen MR) is 96.9 cm³/mol. The van der Waals surface area contributed by atoms with E-state index >= 15 is 0 Å². The first-order chi connectivity index (χ1) is 10.9. The van der Waals surface area contributed by atoms with Crippen molar-refractivity contribution in [1.82, 2.24) is 9.55 Å². The maximum absolute atomic E-state index is 13.2. The molecule has 0 bridgehead atoms. The number of benzene rings is 1. The molecule has 4 heteroatoms. The molecule has 0 spiro atoms. The van der Waals surface area contributed by atoms with Gasteiger partial charge >= 0.3 is 0 Å². The third-order valence-corrected chi connectivity index (χ3v) is 4.50. The number of imidazole rings is 1. The summed E-state index contributed by atoms with van der Waals surface area (Å²) < 4.78 is 2.04. The van der Waals surface area contributed by atoms with Gasteiger partial charge in [-0.15, -0.1) is 0 Å². The predicted octanol–water partition coefficient (Wildman–Crippen LogP) is 4.44. The molecule has 0 aliphatic heterocycles. The second-order valence-electron chi connectivity index (χ2n) is 7.52. The first-order valence-electron chi connectivity index (χ1n) is 8.86. The Morgan fingerprint density at radius 1 is 1.00 bits per heavy atom. The van der Waals surface area contributed by atoms with Gasteiger partial charge in [0.2, 0.25) is 0 Å². The lowest BCUT2D eigenvalue weighted by molar-refractivity contribution is -0.882. The Morgan fingerprint density at radius 3 is 2.22 bits per heavy atom. The van der Waals surface area contributed by atoms with Gasteiger partial charge in [-0.3, -0.25) is 0 Å². The largest absolute Gasteiger partial charge is 0.633 e. The lowest BCUT2D eigenvalue weighted by atomic mass is 10.1. The molecule has 1 heterocycles. The Balaban J connectivity index is 2.04. The Morgan fingerprint density at radius 2 is 1.61 bits per heavy atom. The van der Waals surface area contributed by atoms with Crippen molar-refractivity contribution in [3.63, 3.8) is 0 Å². The zero-order valence-corrected chi connectivity index (χ0v) is 15.0. The van der Waals surface area contributed by atoms with Crippen molar-refractivity contribution in [2.45, 2.75) is 47.1 Å². The van der Waals surface area contributed by atoms with Gasteiger partial charge in [-0.1, -0.05) is 39.8 Å². The van der Waals surface area contributed by atoms with Gasteiger partial charge < -0.3 is 14.4 Å². The standard InChI is InChI=1S/C19H31N3O/c1-16(2)9-12-22(23,13-10-17(3)4)14-11-21-15-20-18-7-5-6-8-19(18)21/h5-8,15-17H,9-14H2,1-4H3. The second-order valence-corrected chi connectivity index (χ2v) is 7.52. The van der Waals surface area contributed by atoms with Crippen molar-refractivity contribution < 1.29 is 4.65 Å². The van der Waals surface area contributed by atoms with Crippen LogP contribution in [-0.4, -0.2) is 33.8 Å². The highest BCUT2D eigenvalue weighted by Crippen LogP contribution is 2.17. The molecule has 0 aliphatic rings. The van der Waals surface area contributed by atoms with Crippen LogP contribution in [0.2, 0.25) is 0 Å². The number of hydroxylamine groups is 3. The van der Waals surface area contributed by atoms with Crippen LogP contribution < -0.4 is 0 Å². The third kappa shape index (κ3) is 5.33. The first kappa shape index (κ1) is 18.0. The molecule has 1 aromatic heterocycles. The molecule has 0 saturated carbocycles. The van der Waals surface area contributed by atoms with Crippen molar-refractivity contribution in [3.8, 4) is 0 Å². The minimum Gasteiger partial charge on any atom is -0.633 e. The molecule has 1 aromatic carbocycles. The Bertz CT molecular complexity index is 591. The molecule has 128 valence electrons. The summed E-state index contributed by atoms with van der Waals surface area (Å²) in [7, 11) is 0. The average molecular weight is 317 g/mol. The van der Waals surface area contributed by atoms with Crippen molar-refractivity contribution in [2.24, 2.45) is 11.8 Å². The quantitative estimate of drug-likeness (QED) is 0.506. The van der Waals surface area contributed by atoms with Crippen LogP contribution >= 0.6 is 0 Å². The second kappa shape index (κ2) is 7.93. The average Bonchev–Trinajstić information content (AvgIpc) is 2.93. The summed E-state index contributed by atoms with van der Waals surface area (Å²) in [6.07, 6.45) is 3.85. The Hall–Kier alpha value is -1.39. The Labute approximate surface area is 140 Å². The summed E-state index contributed by atoms with van der Waals surface area (Å²) in [5.41, 5.74) is 2.12. The number of hydrogen-bond acceptors (Lipinski definition) is 2. The fourth-order valence-corrected chi connectivity index (χ4v) is 2.80. The third-order valence-electron chi connectivity index (χ3n) is 4.50. The van der Waals surface area contributed by atoms with E-state index in [9.17, 15) is 5.21 Å². The smallest absolute Gasteiger partial charge is 0.0966 e. The summed E-state index contributed by atoms with van der Waals surface area (Å²) in [6, 6.07) is 8.11. The lowest BCUT2D eigenvalue weighted by Crippen LogP contribution is -2.46. The van der Waals surface area contributed by atoms with E-state index in [0.717, 1.165) is 43.5 Å². The highest BCUT2D eigenvalue weighted by molar-refractivity contribution is 5.74. The molecule has 0 atom stereocenters. The lowest BCUT2D eigenvalue weighted by Gasteiger charge is -2.44. The van der Waals surface area contributed by atoms with Gasteiger partial charge in [-0.05, 0) is 36.8 Å². The summed E-state index contributed by atoms with van der Waals surface area (Å²) in [6.45, 7) is 11.6. The number of aromatic nitrogens is 2. The molecular formula is C19H31N3O. The minimum atomic E-state index is -0.0805. The molecule has 0 unspecified atom stereocenters. The molecule has 23 heavy (non-hydrogen) atoms. The van der Waals surface area contributed by atoms with E-state index in [-0.39, 0.29) is 4.65 Å². The SMILES string of the molecule is CC(C)CC[N+]([O-])(CCC(C)C)CCn1cnc2ccccc21. The number of hydrogen-bond donors (Lipinski definition) is 0. The first-order valence-corrected chi connectivity index (χ1v) is 8.86. The number of fused-ring (bicyclic) bond motifs is 1. The van der Waals surface area contributed by atoms with Crippen molar-refractivity contribution in [1.29, 1.82) is 0 Å². The molecule has 0 aliphatic carbocycles. The summed E-state index contributed by atoms with van der Waals surface area (Å²) in [4.78, 5) is 4.42. The van der Waals surface area contributed by atoms with E-state index in [0.29, 0.717) is 18.4 Å².